The smallest absolute Gasteiger partial charge is 0.262 e. The molecule has 0 aliphatic rings. The minimum absolute atomic E-state index is 0.197. The van der Waals surface area contributed by atoms with Gasteiger partial charge in [-0.3, -0.25) is 9.59 Å². The van der Waals surface area contributed by atoms with Gasteiger partial charge in [0.15, 0.2) is 0 Å². The zero-order valence-electron chi connectivity index (χ0n) is 16.9. The molecule has 156 valence electrons. The number of hydrogen-bond acceptors (Lipinski definition) is 4. The number of hydrogen-bond donors (Lipinski definition) is 2. The fourth-order valence-corrected chi connectivity index (χ4v) is 2.70. The predicted octanol–water partition coefficient (Wildman–Crippen LogP) is 3.65. The standard InChI is InChI=1S/C23H24ClN3O3/c1-4-13-30-20-11-5-17(6-12-20)15-25-27-23(29)21(14-16(2)3)26-22(28)18-7-9-19(24)10-8-18/h1,5-12,15-16,21H,13-14H2,2-3H3,(H,26,28)(H,27,29). The van der Waals surface area contributed by atoms with Gasteiger partial charge in [-0.2, -0.15) is 5.10 Å². The summed E-state index contributed by atoms with van der Waals surface area (Å²) in [6.45, 7) is 4.14. The van der Waals surface area contributed by atoms with Gasteiger partial charge in [0.1, 0.15) is 18.4 Å². The summed E-state index contributed by atoms with van der Waals surface area (Å²) < 4.78 is 5.30. The Morgan fingerprint density at radius 2 is 1.83 bits per heavy atom. The highest BCUT2D eigenvalue weighted by Gasteiger charge is 2.22. The zero-order valence-corrected chi connectivity index (χ0v) is 17.6. The SMILES string of the molecule is C#CCOc1ccc(C=NNC(=O)C(CC(C)C)NC(=O)c2ccc(Cl)cc2)cc1. The van der Waals surface area contributed by atoms with Crippen LogP contribution < -0.4 is 15.5 Å². The number of carbonyl (C=O) groups is 2. The van der Waals surface area contributed by atoms with Crippen molar-refractivity contribution in [3.05, 3.63) is 64.7 Å². The maximum Gasteiger partial charge on any atom is 0.262 e. The normalized spacial score (nSPS) is 11.7. The summed E-state index contributed by atoms with van der Waals surface area (Å²) >= 11 is 5.85. The molecule has 0 aliphatic carbocycles. The molecule has 0 saturated carbocycles. The lowest BCUT2D eigenvalue weighted by molar-refractivity contribution is -0.123. The van der Waals surface area contributed by atoms with Crippen LogP contribution in [-0.4, -0.2) is 30.7 Å². The first-order chi connectivity index (χ1) is 14.4. The van der Waals surface area contributed by atoms with Crippen molar-refractivity contribution < 1.29 is 14.3 Å². The summed E-state index contributed by atoms with van der Waals surface area (Å²) in [5.41, 5.74) is 3.69. The number of amides is 2. The van der Waals surface area contributed by atoms with E-state index >= 15 is 0 Å². The highest BCUT2D eigenvalue weighted by atomic mass is 35.5. The number of halogens is 1. The molecular formula is C23H24ClN3O3. The molecule has 2 N–H and O–H groups in total. The van der Waals surface area contributed by atoms with Crippen LogP contribution in [0.5, 0.6) is 5.75 Å². The molecule has 0 bridgehead atoms. The molecule has 0 aliphatic heterocycles. The number of ether oxygens (including phenoxy) is 1. The minimum atomic E-state index is -0.718. The molecule has 2 aromatic rings. The number of nitrogens with zero attached hydrogens (tertiary/aromatic N) is 1. The summed E-state index contributed by atoms with van der Waals surface area (Å²) in [7, 11) is 0. The molecule has 1 atom stereocenters. The van der Waals surface area contributed by atoms with Crippen LogP contribution in [0, 0.1) is 18.3 Å². The van der Waals surface area contributed by atoms with Gasteiger partial charge in [0.05, 0.1) is 6.21 Å². The maximum absolute atomic E-state index is 12.6. The van der Waals surface area contributed by atoms with Crippen LogP contribution in [0.3, 0.4) is 0 Å². The van der Waals surface area contributed by atoms with Gasteiger partial charge < -0.3 is 10.1 Å². The van der Waals surface area contributed by atoms with Gasteiger partial charge in [0.25, 0.3) is 11.8 Å². The molecule has 2 aromatic carbocycles. The van der Waals surface area contributed by atoms with E-state index in [2.05, 4.69) is 21.8 Å². The molecule has 0 heterocycles. The highest BCUT2D eigenvalue weighted by Crippen LogP contribution is 2.12. The number of nitrogens with one attached hydrogen (secondary N) is 2. The van der Waals surface area contributed by atoms with Gasteiger partial charge in [-0.15, -0.1) is 6.42 Å². The van der Waals surface area contributed by atoms with E-state index < -0.39 is 11.9 Å². The van der Waals surface area contributed by atoms with E-state index in [4.69, 9.17) is 22.8 Å². The Bertz CT molecular complexity index is 916. The lowest BCUT2D eigenvalue weighted by atomic mass is 10.0. The Labute approximate surface area is 181 Å². The van der Waals surface area contributed by atoms with Crippen molar-refractivity contribution in [3.63, 3.8) is 0 Å². The zero-order chi connectivity index (χ0) is 21.9. The van der Waals surface area contributed by atoms with E-state index in [-0.39, 0.29) is 18.4 Å². The van der Waals surface area contributed by atoms with Crippen molar-refractivity contribution >= 4 is 29.6 Å². The topological polar surface area (TPSA) is 79.8 Å². The Morgan fingerprint density at radius 3 is 2.43 bits per heavy atom. The van der Waals surface area contributed by atoms with Gasteiger partial charge in [-0.1, -0.05) is 31.4 Å². The second-order valence-corrected chi connectivity index (χ2v) is 7.40. The van der Waals surface area contributed by atoms with Crippen LogP contribution in [0.2, 0.25) is 5.02 Å². The predicted molar refractivity (Wildman–Crippen MR) is 119 cm³/mol. The molecule has 0 fully saturated rings. The van der Waals surface area contributed by atoms with Crippen LogP contribution in [0.1, 0.15) is 36.2 Å². The quantitative estimate of drug-likeness (QED) is 0.365. The van der Waals surface area contributed by atoms with Crippen molar-refractivity contribution in [1.29, 1.82) is 0 Å². The molecule has 0 spiro atoms. The Morgan fingerprint density at radius 1 is 1.17 bits per heavy atom. The third kappa shape index (κ3) is 7.61. The molecule has 30 heavy (non-hydrogen) atoms. The molecule has 0 saturated heterocycles. The largest absolute Gasteiger partial charge is 0.481 e. The Balaban J connectivity index is 1.97. The van der Waals surface area contributed by atoms with Crippen LogP contribution in [-0.2, 0) is 4.79 Å². The number of carbonyl (C=O) groups excluding carboxylic acids is 2. The van der Waals surface area contributed by atoms with E-state index in [9.17, 15) is 9.59 Å². The van der Waals surface area contributed by atoms with E-state index in [1.165, 1.54) is 6.21 Å². The van der Waals surface area contributed by atoms with Crippen molar-refractivity contribution in [2.24, 2.45) is 11.0 Å². The van der Waals surface area contributed by atoms with Crippen molar-refractivity contribution in [3.8, 4) is 18.1 Å². The molecule has 0 aromatic heterocycles. The monoisotopic (exact) mass is 425 g/mol. The molecule has 6 nitrogen and oxygen atoms in total. The van der Waals surface area contributed by atoms with E-state index in [1.807, 2.05) is 13.8 Å². The van der Waals surface area contributed by atoms with Gasteiger partial charge in [-0.25, -0.2) is 5.43 Å². The Hall–Kier alpha value is -3.30. The van der Waals surface area contributed by atoms with E-state index in [1.54, 1.807) is 48.5 Å². The summed E-state index contributed by atoms with van der Waals surface area (Å²) in [5, 5.41) is 7.28. The number of rotatable bonds is 9. The summed E-state index contributed by atoms with van der Waals surface area (Å²) in [6, 6.07) is 12.8. The number of hydrazone groups is 1. The minimum Gasteiger partial charge on any atom is -0.481 e. The molecule has 1 unspecified atom stereocenters. The number of terminal acetylenes is 1. The first-order valence-electron chi connectivity index (χ1n) is 9.44. The number of benzene rings is 2. The lowest BCUT2D eigenvalue weighted by Crippen LogP contribution is -2.46. The fraction of sp³-hybridized carbons (Fsp3) is 0.261. The highest BCUT2D eigenvalue weighted by molar-refractivity contribution is 6.30. The fourth-order valence-electron chi connectivity index (χ4n) is 2.57. The summed E-state index contributed by atoms with van der Waals surface area (Å²) in [6.07, 6.45) is 7.14. The second kappa shape index (κ2) is 11.6. The van der Waals surface area contributed by atoms with Gasteiger partial charge >= 0.3 is 0 Å². The first kappa shape index (κ1) is 23.0. The van der Waals surface area contributed by atoms with Gasteiger partial charge in [-0.05, 0) is 66.4 Å². The van der Waals surface area contributed by atoms with Crippen molar-refractivity contribution in [2.75, 3.05) is 6.61 Å². The lowest BCUT2D eigenvalue weighted by Gasteiger charge is -2.19. The average Bonchev–Trinajstić information content (AvgIpc) is 2.72. The molecule has 2 rings (SSSR count). The molecule has 0 radical (unpaired) electrons. The van der Waals surface area contributed by atoms with Crippen LogP contribution in [0.25, 0.3) is 0 Å². The van der Waals surface area contributed by atoms with Crippen molar-refractivity contribution in [1.82, 2.24) is 10.7 Å². The average molecular weight is 426 g/mol. The van der Waals surface area contributed by atoms with Crippen LogP contribution in [0.15, 0.2) is 53.6 Å². The first-order valence-corrected chi connectivity index (χ1v) is 9.82. The molecular weight excluding hydrogens is 402 g/mol. The summed E-state index contributed by atoms with van der Waals surface area (Å²) in [4.78, 5) is 25.0. The van der Waals surface area contributed by atoms with E-state index in [0.29, 0.717) is 22.8 Å². The second-order valence-electron chi connectivity index (χ2n) is 6.96. The summed E-state index contributed by atoms with van der Waals surface area (Å²) in [5.74, 6) is 2.50. The van der Waals surface area contributed by atoms with Crippen LogP contribution in [0.4, 0.5) is 0 Å². The third-order valence-corrected chi connectivity index (χ3v) is 4.28. The van der Waals surface area contributed by atoms with E-state index in [0.717, 1.165) is 5.56 Å². The van der Waals surface area contributed by atoms with Crippen molar-refractivity contribution in [2.45, 2.75) is 26.3 Å². The third-order valence-electron chi connectivity index (χ3n) is 4.03. The van der Waals surface area contributed by atoms with Gasteiger partial charge in [0, 0.05) is 10.6 Å². The Kier molecular flexibility index (Phi) is 8.92. The molecule has 7 heteroatoms. The van der Waals surface area contributed by atoms with Gasteiger partial charge in [0.2, 0.25) is 0 Å². The van der Waals surface area contributed by atoms with Crippen LogP contribution >= 0.6 is 11.6 Å². The maximum atomic E-state index is 12.6. The molecule has 2 amide bonds.